The summed E-state index contributed by atoms with van der Waals surface area (Å²) in [6.45, 7) is 11.4. The van der Waals surface area contributed by atoms with Crippen LogP contribution in [-0.4, -0.2) is 24.2 Å². The number of carbonyl (C=O) groups is 1. The summed E-state index contributed by atoms with van der Waals surface area (Å²) >= 11 is 1.85. The van der Waals surface area contributed by atoms with E-state index in [1.54, 1.807) is 0 Å². The molecule has 0 heterocycles. The molecule has 1 atom stereocenters. The van der Waals surface area contributed by atoms with Crippen LogP contribution in [0.25, 0.3) is 0 Å². The van der Waals surface area contributed by atoms with Crippen molar-refractivity contribution in [1.29, 1.82) is 0 Å². The first kappa shape index (κ1) is 17.1. The predicted molar refractivity (Wildman–Crippen MR) is 88.4 cm³/mol. The number of anilines is 1. The summed E-state index contributed by atoms with van der Waals surface area (Å²) in [5.74, 6) is 1.00. The first-order valence-electron chi connectivity index (χ1n) is 7.06. The van der Waals surface area contributed by atoms with Crippen LogP contribution < -0.4 is 10.6 Å². The van der Waals surface area contributed by atoms with E-state index < -0.39 is 0 Å². The lowest BCUT2D eigenvalue weighted by Gasteiger charge is -2.31. The van der Waals surface area contributed by atoms with Crippen LogP contribution >= 0.6 is 11.8 Å². The SMILES string of the molecule is CCNC(CSc1ccc(NC(C)=O)cc1)C(C)(C)C. The molecule has 1 amide bonds. The van der Waals surface area contributed by atoms with Crippen molar-refractivity contribution in [1.82, 2.24) is 5.32 Å². The van der Waals surface area contributed by atoms with Gasteiger partial charge in [-0.2, -0.15) is 0 Å². The fourth-order valence-corrected chi connectivity index (χ4v) is 3.18. The topological polar surface area (TPSA) is 41.1 Å². The number of carbonyl (C=O) groups excluding carboxylic acids is 1. The number of amides is 1. The van der Waals surface area contributed by atoms with Crippen LogP contribution in [0.15, 0.2) is 29.2 Å². The Labute approximate surface area is 126 Å². The van der Waals surface area contributed by atoms with Gasteiger partial charge in [0, 0.05) is 29.3 Å². The van der Waals surface area contributed by atoms with Gasteiger partial charge in [0.05, 0.1) is 0 Å². The second kappa shape index (κ2) is 7.70. The lowest BCUT2D eigenvalue weighted by atomic mass is 9.88. The molecule has 1 rings (SSSR count). The molecule has 20 heavy (non-hydrogen) atoms. The highest BCUT2D eigenvalue weighted by Crippen LogP contribution is 2.27. The Bertz CT molecular complexity index is 423. The summed E-state index contributed by atoms with van der Waals surface area (Å²) in [5, 5.41) is 6.33. The van der Waals surface area contributed by atoms with Gasteiger partial charge in [-0.05, 0) is 36.2 Å². The first-order chi connectivity index (χ1) is 9.32. The van der Waals surface area contributed by atoms with Gasteiger partial charge in [-0.25, -0.2) is 0 Å². The maximum Gasteiger partial charge on any atom is 0.221 e. The molecule has 1 aromatic carbocycles. The highest BCUT2D eigenvalue weighted by Gasteiger charge is 2.23. The molecule has 4 heteroatoms. The minimum Gasteiger partial charge on any atom is -0.326 e. The fourth-order valence-electron chi connectivity index (χ4n) is 1.88. The summed E-state index contributed by atoms with van der Waals surface area (Å²) in [5.41, 5.74) is 1.10. The normalized spacial score (nSPS) is 13.1. The third-order valence-corrected chi connectivity index (χ3v) is 4.19. The Morgan fingerprint density at radius 1 is 1.25 bits per heavy atom. The molecule has 112 valence electrons. The monoisotopic (exact) mass is 294 g/mol. The molecule has 0 bridgehead atoms. The smallest absolute Gasteiger partial charge is 0.221 e. The van der Waals surface area contributed by atoms with Crippen LogP contribution in [0.2, 0.25) is 0 Å². The molecule has 0 aliphatic carbocycles. The van der Waals surface area contributed by atoms with E-state index in [-0.39, 0.29) is 11.3 Å². The summed E-state index contributed by atoms with van der Waals surface area (Å²) < 4.78 is 0. The Morgan fingerprint density at radius 2 is 1.85 bits per heavy atom. The molecule has 2 N–H and O–H groups in total. The largest absolute Gasteiger partial charge is 0.326 e. The van der Waals surface area contributed by atoms with E-state index in [1.165, 1.54) is 11.8 Å². The molecular weight excluding hydrogens is 268 g/mol. The van der Waals surface area contributed by atoms with E-state index >= 15 is 0 Å². The van der Waals surface area contributed by atoms with Crippen LogP contribution in [0.3, 0.4) is 0 Å². The second-order valence-corrected chi connectivity index (χ2v) is 7.09. The highest BCUT2D eigenvalue weighted by molar-refractivity contribution is 7.99. The molecule has 1 aromatic rings. The van der Waals surface area contributed by atoms with Crippen LogP contribution in [0.5, 0.6) is 0 Å². The number of benzene rings is 1. The molecule has 0 radical (unpaired) electrons. The number of thioether (sulfide) groups is 1. The van der Waals surface area contributed by atoms with E-state index in [0.717, 1.165) is 18.0 Å². The van der Waals surface area contributed by atoms with Crippen molar-refractivity contribution in [2.45, 2.75) is 45.6 Å². The van der Waals surface area contributed by atoms with Crippen molar-refractivity contribution in [3.8, 4) is 0 Å². The number of hydrogen-bond acceptors (Lipinski definition) is 3. The van der Waals surface area contributed by atoms with E-state index in [9.17, 15) is 4.79 Å². The van der Waals surface area contributed by atoms with Crippen LogP contribution in [0, 0.1) is 5.41 Å². The van der Waals surface area contributed by atoms with Crippen LogP contribution in [0.4, 0.5) is 5.69 Å². The quantitative estimate of drug-likeness (QED) is 0.785. The van der Waals surface area contributed by atoms with Crippen molar-refractivity contribution in [3.63, 3.8) is 0 Å². The second-order valence-electron chi connectivity index (χ2n) is 5.99. The Balaban J connectivity index is 2.57. The highest BCUT2D eigenvalue weighted by atomic mass is 32.2. The first-order valence-corrected chi connectivity index (χ1v) is 8.05. The van der Waals surface area contributed by atoms with Gasteiger partial charge in [-0.15, -0.1) is 11.8 Å². The molecule has 0 saturated carbocycles. The van der Waals surface area contributed by atoms with E-state index in [4.69, 9.17) is 0 Å². The van der Waals surface area contributed by atoms with Gasteiger partial charge in [-0.3, -0.25) is 4.79 Å². The molecule has 0 saturated heterocycles. The van der Waals surface area contributed by atoms with Crippen LogP contribution in [-0.2, 0) is 4.79 Å². The van der Waals surface area contributed by atoms with Crippen molar-refractivity contribution < 1.29 is 4.79 Å². The lowest BCUT2D eigenvalue weighted by molar-refractivity contribution is -0.114. The zero-order valence-corrected chi connectivity index (χ0v) is 13.9. The van der Waals surface area contributed by atoms with Gasteiger partial charge >= 0.3 is 0 Å². The third-order valence-electron chi connectivity index (χ3n) is 3.09. The van der Waals surface area contributed by atoms with E-state index in [1.807, 2.05) is 23.9 Å². The van der Waals surface area contributed by atoms with Gasteiger partial charge in [0.15, 0.2) is 0 Å². The molecule has 0 spiro atoms. The summed E-state index contributed by atoms with van der Waals surface area (Å²) in [4.78, 5) is 12.2. The van der Waals surface area contributed by atoms with Crippen molar-refractivity contribution >= 4 is 23.4 Å². The average molecular weight is 294 g/mol. The molecule has 0 aromatic heterocycles. The Kier molecular flexibility index (Phi) is 6.56. The van der Waals surface area contributed by atoms with Crippen molar-refractivity contribution in [2.24, 2.45) is 5.41 Å². The number of hydrogen-bond donors (Lipinski definition) is 2. The lowest BCUT2D eigenvalue weighted by Crippen LogP contribution is -2.42. The molecule has 3 nitrogen and oxygen atoms in total. The van der Waals surface area contributed by atoms with Crippen molar-refractivity contribution in [3.05, 3.63) is 24.3 Å². The zero-order chi connectivity index (χ0) is 15.2. The van der Waals surface area contributed by atoms with Gasteiger partial charge < -0.3 is 10.6 Å². The number of nitrogens with one attached hydrogen (secondary N) is 2. The predicted octanol–water partition coefficient (Wildman–Crippen LogP) is 3.76. The maximum absolute atomic E-state index is 11.0. The minimum absolute atomic E-state index is 0.0367. The van der Waals surface area contributed by atoms with Gasteiger partial charge in [0.1, 0.15) is 0 Å². The summed E-state index contributed by atoms with van der Waals surface area (Å²) in [6, 6.07) is 8.49. The van der Waals surface area contributed by atoms with E-state index in [0.29, 0.717) is 6.04 Å². The van der Waals surface area contributed by atoms with Gasteiger partial charge in [-0.1, -0.05) is 27.7 Å². The minimum atomic E-state index is -0.0367. The summed E-state index contributed by atoms with van der Waals surface area (Å²) in [7, 11) is 0. The van der Waals surface area contributed by atoms with Crippen molar-refractivity contribution in [2.75, 3.05) is 17.6 Å². The van der Waals surface area contributed by atoms with Gasteiger partial charge in [0.25, 0.3) is 0 Å². The molecule has 0 aliphatic heterocycles. The maximum atomic E-state index is 11.0. The van der Waals surface area contributed by atoms with Gasteiger partial charge in [0.2, 0.25) is 5.91 Å². The molecular formula is C16H26N2OS. The fraction of sp³-hybridized carbons (Fsp3) is 0.562. The third kappa shape index (κ3) is 5.97. The average Bonchev–Trinajstić information content (AvgIpc) is 2.34. The summed E-state index contributed by atoms with van der Waals surface area (Å²) in [6.07, 6.45) is 0. The Hall–Kier alpha value is -1.00. The zero-order valence-electron chi connectivity index (χ0n) is 13.1. The standard InChI is InChI=1S/C16H26N2OS/c1-6-17-15(16(3,4)5)11-20-14-9-7-13(8-10-14)18-12(2)19/h7-10,15,17H,6,11H2,1-5H3,(H,18,19). The molecule has 0 fully saturated rings. The molecule has 0 aliphatic rings. The number of rotatable bonds is 6. The van der Waals surface area contributed by atoms with E-state index in [2.05, 4.69) is 50.5 Å². The Morgan fingerprint density at radius 3 is 2.30 bits per heavy atom. The van der Waals surface area contributed by atoms with Crippen LogP contribution in [0.1, 0.15) is 34.6 Å². The molecule has 1 unspecified atom stereocenters.